The predicted molar refractivity (Wildman–Crippen MR) is 99.8 cm³/mol. The van der Waals surface area contributed by atoms with Gasteiger partial charge in [-0.2, -0.15) is 5.26 Å². The fourth-order valence-electron chi connectivity index (χ4n) is 2.14. The van der Waals surface area contributed by atoms with Crippen LogP contribution < -0.4 is 19.5 Å². The zero-order valence-electron chi connectivity index (χ0n) is 14.3. The third kappa shape index (κ3) is 5.16. The van der Waals surface area contributed by atoms with E-state index in [0.29, 0.717) is 33.5 Å². The lowest BCUT2D eigenvalue weighted by molar-refractivity contribution is -0.111. The van der Waals surface area contributed by atoms with Crippen molar-refractivity contribution in [2.24, 2.45) is 0 Å². The largest absolute Gasteiger partial charge is 0.493 e. The Morgan fingerprint density at radius 1 is 1.23 bits per heavy atom. The minimum atomic E-state index is -0.304. The summed E-state index contributed by atoms with van der Waals surface area (Å²) in [6.07, 6.45) is 3.01. The van der Waals surface area contributed by atoms with Crippen LogP contribution in [0.2, 0.25) is 5.02 Å². The van der Waals surface area contributed by atoms with E-state index >= 15 is 0 Å². The maximum absolute atomic E-state index is 12.0. The van der Waals surface area contributed by atoms with Gasteiger partial charge in [0.25, 0.3) is 0 Å². The van der Waals surface area contributed by atoms with E-state index in [4.69, 9.17) is 31.1 Å². The van der Waals surface area contributed by atoms with E-state index in [1.807, 2.05) is 6.07 Å². The number of rotatable bonds is 7. The highest BCUT2D eigenvalue weighted by Crippen LogP contribution is 2.36. The van der Waals surface area contributed by atoms with Crippen LogP contribution in [0.1, 0.15) is 5.56 Å². The van der Waals surface area contributed by atoms with Crippen molar-refractivity contribution in [2.45, 2.75) is 0 Å². The minimum Gasteiger partial charge on any atom is -0.493 e. The Labute approximate surface area is 156 Å². The van der Waals surface area contributed by atoms with Gasteiger partial charge in [-0.25, -0.2) is 0 Å². The van der Waals surface area contributed by atoms with Crippen molar-refractivity contribution in [3.63, 3.8) is 0 Å². The Morgan fingerprint density at radius 2 is 1.96 bits per heavy atom. The van der Waals surface area contributed by atoms with Gasteiger partial charge in [0, 0.05) is 11.8 Å². The number of halogens is 1. The standard InChI is InChI=1S/C19H17ClN2O4/c1-24-17-12-13(11-16(20)19(17)25-2)3-8-18(23)22-14-4-6-15(7-5-14)26-10-9-21/h3-8,11-12H,10H2,1-2H3,(H,22,23)/b8-3+. The van der Waals surface area contributed by atoms with Crippen molar-refractivity contribution < 1.29 is 19.0 Å². The molecule has 7 heteroatoms. The first-order chi connectivity index (χ1) is 12.6. The quantitative estimate of drug-likeness (QED) is 0.745. The zero-order valence-corrected chi connectivity index (χ0v) is 15.0. The van der Waals surface area contributed by atoms with Gasteiger partial charge in [-0.1, -0.05) is 11.6 Å². The molecule has 1 amide bonds. The molecule has 0 aliphatic heterocycles. The lowest BCUT2D eigenvalue weighted by Gasteiger charge is -2.10. The SMILES string of the molecule is COc1cc(/C=C/C(=O)Nc2ccc(OCC#N)cc2)cc(Cl)c1OC. The van der Waals surface area contributed by atoms with Crippen LogP contribution >= 0.6 is 11.6 Å². The lowest BCUT2D eigenvalue weighted by Crippen LogP contribution is -2.07. The molecule has 0 radical (unpaired) electrons. The van der Waals surface area contributed by atoms with Crippen LogP contribution in [-0.4, -0.2) is 26.7 Å². The molecule has 2 aromatic rings. The first-order valence-electron chi connectivity index (χ1n) is 7.57. The van der Waals surface area contributed by atoms with Gasteiger partial charge in [-0.3, -0.25) is 4.79 Å². The number of carbonyl (C=O) groups is 1. The molecule has 0 heterocycles. The molecule has 0 aliphatic carbocycles. The lowest BCUT2D eigenvalue weighted by atomic mass is 10.2. The minimum absolute atomic E-state index is 0.0255. The van der Waals surface area contributed by atoms with Gasteiger partial charge in [0.15, 0.2) is 18.1 Å². The van der Waals surface area contributed by atoms with Gasteiger partial charge in [0.05, 0.1) is 19.2 Å². The maximum atomic E-state index is 12.0. The van der Waals surface area contributed by atoms with Crippen LogP contribution in [0.15, 0.2) is 42.5 Å². The Hall–Kier alpha value is -3.17. The van der Waals surface area contributed by atoms with E-state index in [-0.39, 0.29) is 12.5 Å². The molecule has 0 atom stereocenters. The number of amides is 1. The summed E-state index contributed by atoms with van der Waals surface area (Å²) in [7, 11) is 3.02. The highest BCUT2D eigenvalue weighted by molar-refractivity contribution is 6.32. The highest BCUT2D eigenvalue weighted by Gasteiger charge is 2.09. The molecule has 0 spiro atoms. The molecule has 0 fully saturated rings. The van der Waals surface area contributed by atoms with Crippen molar-refractivity contribution in [2.75, 3.05) is 26.1 Å². The van der Waals surface area contributed by atoms with E-state index in [0.717, 1.165) is 0 Å². The molecule has 2 aromatic carbocycles. The fourth-order valence-corrected chi connectivity index (χ4v) is 2.44. The molecule has 134 valence electrons. The number of benzene rings is 2. The monoisotopic (exact) mass is 372 g/mol. The van der Waals surface area contributed by atoms with Crippen LogP contribution in [0.3, 0.4) is 0 Å². The third-order valence-corrected chi connectivity index (χ3v) is 3.59. The molecule has 0 aromatic heterocycles. The molecule has 1 N–H and O–H groups in total. The van der Waals surface area contributed by atoms with E-state index in [9.17, 15) is 4.79 Å². The summed E-state index contributed by atoms with van der Waals surface area (Å²) in [5.41, 5.74) is 1.30. The summed E-state index contributed by atoms with van der Waals surface area (Å²) in [5.74, 6) is 1.17. The van der Waals surface area contributed by atoms with Crippen molar-refractivity contribution in [3.05, 3.63) is 53.1 Å². The summed E-state index contributed by atoms with van der Waals surface area (Å²) >= 11 is 6.14. The van der Waals surface area contributed by atoms with Gasteiger partial charge >= 0.3 is 0 Å². The van der Waals surface area contributed by atoms with Crippen LogP contribution in [0, 0.1) is 11.3 Å². The average Bonchev–Trinajstić information content (AvgIpc) is 2.65. The van der Waals surface area contributed by atoms with Gasteiger partial charge in [-0.05, 0) is 48.0 Å². The topological polar surface area (TPSA) is 80.6 Å². The first kappa shape index (κ1) is 19.2. The van der Waals surface area contributed by atoms with E-state index in [1.165, 1.54) is 20.3 Å². The van der Waals surface area contributed by atoms with Crippen molar-refractivity contribution >= 4 is 29.3 Å². The number of nitrogens with one attached hydrogen (secondary N) is 1. The van der Waals surface area contributed by atoms with Crippen molar-refractivity contribution in [1.29, 1.82) is 5.26 Å². The van der Waals surface area contributed by atoms with Crippen LogP contribution in [-0.2, 0) is 4.79 Å². The van der Waals surface area contributed by atoms with Crippen LogP contribution in [0.25, 0.3) is 6.08 Å². The van der Waals surface area contributed by atoms with Gasteiger partial charge in [0.2, 0.25) is 5.91 Å². The molecule has 2 rings (SSSR count). The molecular weight excluding hydrogens is 356 g/mol. The normalized spacial score (nSPS) is 10.2. The second kappa shape index (κ2) is 9.35. The Balaban J connectivity index is 2.03. The smallest absolute Gasteiger partial charge is 0.248 e. The van der Waals surface area contributed by atoms with E-state index < -0.39 is 0 Å². The number of nitrogens with zero attached hydrogens (tertiary/aromatic N) is 1. The second-order valence-electron chi connectivity index (χ2n) is 5.03. The molecule has 0 saturated carbocycles. The molecule has 0 unspecified atom stereocenters. The fraction of sp³-hybridized carbons (Fsp3) is 0.158. The van der Waals surface area contributed by atoms with Crippen LogP contribution in [0.5, 0.6) is 17.2 Å². The summed E-state index contributed by atoms with van der Waals surface area (Å²) in [5, 5.41) is 11.6. The molecule has 6 nitrogen and oxygen atoms in total. The first-order valence-corrected chi connectivity index (χ1v) is 7.95. The Kier molecular flexibility index (Phi) is 6.89. The highest BCUT2D eigenvalue weighted by atomic mass is 35.5. The van der Waals surface area contributed by atoms with Gasteiger partial charge in [0.1, 0.15) is 11.8 Å². The van der Waals surface area contributed by atoms with Gasteiger partial charge in [-0.15, -0.1) is 0 Å². The Bertz CT molecular complexity index is 842. The van der Waals surface area contributed by atoms with Gasteiger partial charge < -0.3 is 19.5 Å². The Morgan fingerprint density at radius 3 is 2.58 bits per heavy atom. The number of anilines is 1. The zero-order chi connectivity index (χ0) is 18.9. The molecule has 0 bridgehead atoms. The second-order valence-corrected chi connectivity index (χ2v) is 5.44. The summed E-state index contributed by atoms with van der Waals surface area (Å²) in [6.45, 7) is -0.0255. The number of carbonyl (C=O) groups excluding carboxylic acids is 1. The molecule has 0 aliphatic rings. The predicted octanol–water partition coefficient (Wildman–Crippen LogP) is 3.91. The number of ether oxygens (including phenoxy) is 3. The molecule has 0 saturated heterocycles. The number of nitriles is 1. The van der Waals surface area contributed by atoms with E-state index in [2.05, 4.69) is 5.32 Å². The maximum Gasteiger partial charge on any atom is 0.248 e. The summed E-state index contributed by atoms with van der Waals surface area (Å²) < 4.78 is 15.5. The van der Waals surface area contributed by atoms with Crippen molar-refractivity contribution in [3.8, 4) is 23.3 Å². The summed E-state index contributed by atoms with van der Waals surface area (Å²) in [6, 6.07) is 12.0. The third-order valence-electron chi connectivity index (χ3n) is 3.31. The number of methoxy groups -OCH3 is 2. The average molecular weight is 373 g/mol. The molecular formula is C19H17ClN2O4. The number of hydrogen-bond donors (Lipinski definition) is 1. The number of hydrogen-bond acceptors (Lipinski definition) is 5. The van der Waals surface area contributed by atoms with E-state index in [1.54, 1.807) is 42.5 Å². The van der Waals surface area contributed by atoms with Crippen LogP contribution in [0.4, 0.5) is 5.69 Å². The summed E-state index contributed by atoms with van der Waals surface area (Å²) in [4.78, 5) is 12.0. The van der Waals surface area contributed by atoms with Crippen molar-refractivity contribution in [1.82, 2.24) is 0 Å². The molecule has 26 heavy (non-hydrogen) atoms.